The summed E-state index contributed by atoms with van der Waals surface area (Å²) < 4.78 is 38.3. The molecule has 2 N–H and O–H groups in total. The average molecular weight is 379 g/mol. The molecule has 1 aromatic heterocycles. The van der Waals surface area contributed by atoms with Gasteiger partial charge < -0.3 is 15.2 Å². The van der Waals surface area contributed by atoms with Crippen LogP contribution in [0.5, 0.6) is 0 Å². The first kappa shape index (κ1) is 19.0. The van der Waals surface area contributed by atoms with E-state index in [0.29, 0.717) is 25.2 Å². The van der Waals surface area contributed by atoms with Crippen LogP contribution in [0.25, 0.3) is 0 Å². The SMILES string of the molecule is O=C(NCC1CCCN(C(=O)c2cc[nH]c2)C1)c1cccc(C(F)(F)F)c1. The molecule has 27 heavy (non-hydrogen) atoms. The topological polar surface area (TPSA) is 65.2 Å². The molecule has 1 fully saturated rings. The van der Waals surface area contributed by atoms with Gasteiger partial charge in [-0.1, -0.05) is 6.07 Å². The summed E-state index contributed by atoms with van der Waals surface area (Å²) in [6, 6.07) is 6.06. The van der Waals surface area contributed by atoms with Crippen LogP contribution in [0.2, 0.25) is 0 Å². The van der Waals surface area contributed by atoms with Crippen molar-refractivity contribution in [3.05, 3.63) is 59.4 Å². The highest BCUT2D eigenvalue weighted by atomic mass is 19.4. The Hall–Kier alpha value is -2.77. The van der Waals surface area contributed by atoms with Gasteiger partial charge in [-0.2, -0.15) is 13.2 Å². The molecule has 3 rings (SSSR count). The first-order valence-electron chi connectivity index (χ1n) is 8.72. The predicted molar refractivity (Wildman–Crippen MR) is 93.2 cm³/mol. The fourth-order valence-corrected chi connectivity index (χ4v) is 3.23. The minimum absolute atomic E-state index is 0.0270. The Morgan fingerprint density at radius 3 is 2.74 bits per heavy atom. The van der Waals surface area contributed by atoms with Crippen LogP contribution in [-0.2, 0) is 6.18 Å². The first-order chi connectivity index (χ1) is 12.8. The van der Waals surface area contributed by atoms with Crippen molar-refractivity contribution in [2.75, 3.05) is 19.6 Å². The van der Waals surface area contributed by atoms with Gasteiger partial charge in [0, 0.05) is 37.6 Å². The fourth-order valence-electron chi connectivity index (χ4n) is 3.23. The molecule has 5 nitrogen and oxygen atoms in total. The summed E-state index contributed by atoms with van der Waals surface area (Å²) in [7, 11) is 0. The molecule has 8 heteroatoms. The molecule has 1 aliphatic heterocycles. The van der Waals surface area contributed by atoms with Crippen LogP contribution >= 0.6 is 0 Å². The summed E-state index contributed by atoms with van der Waals surface area (Å²) in [5.74, 6) is -0.545. The number of aromatic amines is 1. The Morgan fingerprint density at radius 2 is 2.04 bits per heavy atom. The quantitative estimate of drug-likeness (QED) is 0.856. The van der Waals surface area contributed by atoms with Gasteiger partial charge in [0.2, 0.25) is 0 Å². The molecule has 144 valence electrons. The van der Waals surface area contributed by atoms with Crippen molar-refractivity contribution < 1.29 is 22.8 Å². The van der Waals surface area contributed by atoms with Crippen molar-refractivity contribution in [3.63, 3.8) is 0 Å². The molecular formula is C19H20F3N3O2. The van der Waals surface area contributed by atoms with E-state index in [0.717, 1.165) is 25.0 Å². The Kier molecular flexibility index (Phi) is 5.53. The molecule has 0 saturated carbocycles. The van der Waals surface area contributed by atoms with Gasteiger partial charge in [0.25, 0.3) is 11.8 Å². The minimum atomic E-state index is -4.49. The molecule has 1 aliphatic rings. The van der Waals surface area contributed by atoms with Crippen molar-refractivity contribution >= 4 is 11.8 Å². The molecule has 1 saturated heterocycles. The molecule has 1 unspecified atom stereocenters. The standard InChI is InChI=1S/C19H20F3N3O2/c20-19(21,22)16-5-1-4-14(9-16)17(26)24-10-13-3-2-8-25(12-13)18(27)15-6-7-23-11-15/h1,4-7,9,11,13,23H,2-3,8,10,12H2,(H,24,26). The van der Waals surface area contributed by atoms with Crippen LogP contribution in [0.4, 0.5) is 13.2 Å². The zero-order valence-electron chi connectivity index (χ0n) is 14.6. The lowest BCUT2D eigenvalue weighted by Crippen LogP contribution is -2.43. The number of rotatable bonds is 4. The van der Waals surface area contributed by atoms with E-state index in [1.807, 2.05) is 0 Å². The summed E-state index contributed by atoms with van der Waals surface area (Å²) >= 11 is 0. The normalized spacial score (nSPS) is 17.6. The van der Waals surface area contributed by atoms with Crippen molar-refractivity contribution in [2.24, 2.45) is 5.92 Å². The zero-order chi connectivity index (χ0) is 19.4. The number of amides is 2. The number of likely N-dealkylation sites (tertiary alicyclic amines) is 1. The highest BCUT2D eigenvalue weighted by Gasteiger charge is 2.31. The smallest absolute Gasteiger partial charge is 0.367 e. The second kappa shape index (κ2) is 7.85. The number of alkyl halides is 3. The van der Waals surface area contributed by atoms with Crippen LogP contribution < -0.4 is 5.32 Å². The van der Waals surface area contributed by atoms with Gasteiger partial charge in [-0.3, -0.25) is 9.59 Å². The number of hydrogen-bond acceptors (Lipinski definition) is 2. The monoisotopic (exact) mass is 379 g/mol. The Morgan fingerprint density at radius 1 is 1.22 bits per heavy atom. The Balaban J connectivity index is 1.56. The van der Waals surface area contributed by atoms with Crippen LogP contribution in [0.15, 0.2) is 42.7 Å². The van der Waals surface area contributed by atoms with E-state index < -0.39 is 17.6 Å². The number of piperidine rings is 1. The number of nitrogens with zero attached hydrogens (tertiary/aromatic N) is 1. The first-order valence-corrected chi connectivity index (χ1v) is 8.72. The highest BCUT2D eigenvalue weighted by Crippen LogP contribution is 2.29. The van der Waals surface area contributed by atoms with Gasteiger partial charge in [0.15, 0.2) is 0 Å². The number of carbonyl (C=O) groups is 2. The Labute approximate surface area is 154 Å². The summed E-state index contributed by atoms with van der Waals surface area (Å²) in [5, 5.41) is 2.69. The summed E-state index contributed by atoms with van der Waals surface area (Å²) in [6.07, 6.45) is 0.504. The molecule has 0 spiro atoms. The van der Waals surface area contributed by atoms with Crippen LogP contribution in [0, 0.1) is 5.92 Å². The van der Waals surface area contributed by atoms with Gasteiger partial charge in [-0.05, 0) is 43.0 Å². The second-order valence-corrected chi connectivity index (χ2v) is 6.65. The van der Waals surface area contributed by atoms with E-state index in [1.54, 1.807) is 23.4 Å². The number of carbonyl (C=O) groups excluding carboxylic acids is 2. The highest BCUT2D eigenvalue weighted by molar-refractivity contribution is 5.95. The average Bonchev–Trinajstić information content (AvgIpc) is 3.20. The third-order valence-corrected chi connectivity index (χ3v) is 4.65. The number of nitrogens with one attached hydrogen (secondary N) is 2. The lowest BCUT2D eigenvalue weighted by molar-refractivity contribution is -0.137. The van der Waals surface area contributed by atoms with Crippen molar-refractivity contribution in [1.82, 2.24) is 15.2 Å². The zero-order valence-corrected chi connectivity index (χ0v) is 14.6. The van der Waals surface area contributed by atoms with Gasteiger partial charge in [0.05, 0.1) is 11.1 Å². The molecule has 0 aliphatic carbocycles. The molecular weight excluding hydrogens is 359 g/mol. The maximum atomic E-state index is 12.8. The van der Waals surface area contributed by atoms with Gasteiger partial charge in [0.1, 0.15) is 0 Å². The van der Waals surface area contributed by atoms with Crippen LogP contribution in [0.1, 0.15) is 39.1 Å². The van der Waals surface area contributed by atoms with E-state index in [9.17, 15) is 22.8 Å². The molecule has 0 radical (unpaired) electrons. The lowest BCUT2D eigenvalue weighted by atomic mass is 9.97. The lowest BCUT2D eigenvalue weighted by Gasteiger charge is -2.32. The molecule has 1 atom stereocenters. The maximum Gasteiger partial charge on any atom is 0.416 e. The molecule has 2 amide bonds. The van der Waals surface area contributed by atoms with E-state index in [2.05, 4.69) is 10.3 Å². The second-order valence-electron chi connectivity index (χ2n) is 6.65. The van der Waals surface area contributed by atoms with E-state index in [1.165, 1.54) is 12.1 Å². The maximum absolute atomic E-state index is 12.8. The minimum Gasteiger partial charge on any atom is -0.367 e. The fraction of sp³-hybridized carbons (Fsp3) is 0.368. The van der Waals surface area contributed by atoms with E-state index >= 15 is 0 Å². The summed E-state index contributed by atoms with van der Waals surface area (Å²) in [5.41, 5.74) is -0.291. The number of benzene rings is 1. The number of aromatic nitrogens is 1. The van der Waals surface area contributed by atoms with Crippen LogP contribution in [0.3, 0.4) is 0 Å². The van der Waals surface area contributed by atoms with Crippen LogP contribution in [-0.4, -0.2) is 41.3 Å². The molecule has 2 aromatic rings. The number of hydrogen-bond donors (Lipinski definition) is 2. The summed E-state index contributed by atoms with van der Waals surface area (Å²) in [6.45, 7) is 1.47. The third kappa shape index (κ3) is 4.69. The molecule has 1 aromatic carbocycles. The number of H-pyrrole nitrogens is 1. The van der Waals surface area contributed by atoms with E-state index in [4.69, 9.17) is 0 Å². The summed E-state index contributed by atoms with van der Waals surface area (Å²) in [4.78, 5) is 29.2. The van der Waals surface area contributed by atoms with Gasteiger partial charge in [-0.25, -0.2) is 0 Å². The van der Waals surface area contributed by atoms with Gasteiger partial charge in [-0.15, -0.1) is 0 Å². The molecule has 0 bridgehead atoms. The predicted octanol–water partition coefficient (Wildman–Crippen LogP) is 3.32. The van der Waals surface area contributed by atoms with E-state index in [-0.39, 0.29) is 17.4 Å². The third-order valence-electron chi connectivity index (χ3n) is 4.65. The molecule has 2 heterocycles. The largest absolute Gasteiger partial charge is 0.416 e. The van der Waals surface area contributed by atoms with Gasteiger partial charge >= 0.3 is 6.18 Å². The van der Waals surface area contributed by atoms with Crippen molar-refractivity contribution in [2.45, 2.75) is 19.0 Å². The van der Waals surface area contributed by atoms with Crippen molar-refractivity contribution in [3.8, 4) is 0 Å². The number of halogens is 3. The Bertz CT molecular complexity index is 803. The van der Waals surface area contributed by atoms with Crippen molar-refractivity contribution in [1.29, 1.82) is 0 Å².